The molecular formula is C11H16FN3O. The number of hydrogen-bond acceptors (Lipinski definition) is 3. The van der Waals surface area contributed by atoms with Crippen LogP contribution in [-0.4, -0.2) is 11.7 Å². The summed E-state index contributed by atoms with van der Waals surface area (Å²) in [6, 6.07) is 3.29. The van der Waals surface area contributed by atoms with Gasteiger partial charge in [-0.05, 0) is 25.1 Å². The van der Waals surface area contributed by atoms with E-state index in [2.05, 4.69) is 11.9 Å². The Morgan fingerprint density at radius 2 is 2.38 bits per heavy atom. The number of ether oxygens (including phenoxy) is 1. The Hall–Kier alpha value is -1.78. The van der Waals surface area contributed by atoms with Crippen molar-refractivity contribution in [3.05, 3.63) is 36.3 Å². The summed E-state index contributed by atoms with van der Waals surface area (Å²) in [5, 5.41) is 10.3. The predicted octanol–water partition coefficient (Wildman–Crippen LogP) is 1.92. The first-order valence-corrected chi connectivity index (χ1v) is 5.00. The van der Waals surface area contributed by atoms with E-state index in [4.69, 9.17) is 10.1 Å². The van der Waals surface area contributed by atoms with Gasteiger partial charge in [0.05, 0.1) is 7.11 Å². The fourth-order valence-corrected chi connectivity index (χ4v) is 1.42. The maximum absolute atomic E-state index is 12.7. The zero-order valence-electron chi connectivity index (χ0n) is 9.46. The van der Waals surface area contributed by atoms with Gasteiger partial charge in [0, 0.05) is 6.20 Å². The lowest BCUT2D eigenvalue weighted by atomic mass is 10.3. The van der Waals surface area contributed by atoms with E-state index in [9.17, 15) is 4.39 Å². The normalized spacial score (nSPS) is 11.9. The van der Waals surface area contributed by atoms with Gasteiger partial charge in [0.15, 0.2) is 5.95 Å². The van der Waals surface area contributed by atoms with Gasteiger partial charge in [-0.25, -0.2) is 0 Å². The second-order valence-electron chi connectivity index (χ2n) is 3.33. The molecule has 0 saturated heterocycles. The molecule has 0 aromatic carbocycles. The minimum absolute atomic E-state index is 0.279. The Labute approximate surface area is 93.9 Å². The Bertz CT molecular complexity index is 427. The maximum atomic E-state index is 12.7. The van der Waals surface area contributed by atoms with Gasteiger partial charge < -0.3 is 14.6 Å². The highest BCUT2D eigenvalue weighted by atomic mass is 19.1. The van der Waals surface area contributed by atoms with E-state index >= 15 is 0 Å². The number of methoxy groups -OCH3 is 1. The number of hydrogen-bond donors (Lipinski definition) is 2. The smallest absolute Gasteiger partial charge is 0.181 e. The summed E-state index contributed by atoms with van der Waals surface area (Å²) >= 11 is 0. The summed E-state index contributed by atoms with van der Waals surface area (Å²) in [5.41, 5.74) is 0.279. The lowest BCUT2D eigenvalue weighted by molar-refractivity contribution is 0.354. The first kappa shape index (κ1) is 12.3. The molecule has 88 valence electrons. The molecule has 1 aromatic rings. The highest BCUT2D eigenvalue weighted by Gasteiger charge is 2.09. The highest BCUT2D eigenvalue weighted by Crippen LogP contribution is 2.12. The quantitative estimate of drug-likeness (QED) is 0.752. The second-order valence-corrected chi connectivity index (χ2v) is 3.33. The molecule has 0 radical (unpaired) electrons. The van der Waals surface area contributed by atoms with Gasteiger partial charge in [-0.1, -0.05) is 6.92 Å². The largest absolute Gasteiger partial charge is 0.495 e. The van der Waals surface area contributed by atoms with Gasteiger partial charge in [-0.15, -0.1) is 0 Å². The molecule has 0 spiro atoms. The minimum atomic E-state index is -0.610. The van der Waals surface area contributed by atoms with Crippen LogP contribution in [0.1, 0.15) is 19.5 Å². The minimum Gasteiger partial charge on any atom is -0.495 e. The van der Waals surface area contributed by atoms with Crippen molar-refractivity contribution in [3.63, 3.8) is 0 Å². The van der Waals surface area contributed by atoms with Crippen LogP contribution in [0.3, 0.4) is 0 Å². The van der Waals surface area contributed by atoms with Crippen molar-refractivity contribution in [2.75, 3.05) is 7.11 Å². The Kier molecular flexibility index (Phi) is 4.10. The van der Waals surface area contributed by atoms with Crippen molar-refractivity contribution in [3.8, 4) is 5.75 Å². The molecule has 4 nitrogen and oxygen atoms in total. The fraction of sp³-hybridized carbons (Fsp3) is 0.364. The van der Waals surface area contributed by atoms with Gasteiger partial charge in [-0.2, -0.15) is 4.39 Å². The van der Waals surface area contributed by atoms with Crippen LogP contribution in [0.2, 0.25) is 0 Å². The molecule has 0 aliphatic heterocycles. The van der Waals surface area contributed by atoms with Crippen LogP contribution < -0.4 is 15.5 Å². The zero-order valence-corrected chi connectivity index (χ0v) is 9.46. The van der Waals surface area contributed by atoms with Crippen LogP contribution >= 0.6 is 0 Å². The first-order valence-electron chi connectivity index (χ1n) is 5.00. The van der Waals surface area contributed by atoms with Crippen LogP contribution in [0.25, 0.3) is 0 Å². The number of halogens is 1. The molecule has 1 aromatic heterocycles. The van der Waals surface area contributed by atoms with Gasteiger partial charge in [0.2, 0.25) is 0 Å². The van der Waals surface area contributed by atoms with Crippen LogP contribution in [0.15, 0.2) is 30.9 Å². The summed E-state index contributed by atoms with van der Waals surface area (Å²) in [6.45, 7) is 5.05. The van der Waals surface area contributed by atoms with E-state index in [0.29, 0.717) is 12.2 Å². The first-order chi connectivity index (χ1) is 7.58. The predicted molar refractivity (Wildman–Crippen MR) is 59.6 cm³/mol. The van der Waals surface area contributed by atoms with Gasteiger partial charge in [0.25, 0.3) is 0 Å². The number of aromatic nitrogens is 1. The van der Waals surface area contributed by atoms with E-state index in [-0.39, 0.29) is 11.7 Å². The summed E-state index contributed by atoms with van der Waals surface area (Å²) in [4.78, 5) is 0. The molecule has 16 heavy (non-hydrogen) atoms. The number of nitrogens with one attached hydrogen (secondary N) is 2. The molecule has 1 rings (SSSR count). The summed E-state index contributed by atoms with van der Waals surface area (Å²) < 4.78 is 19.4. The summed E-state index contributed by atoms with van der Waals surface area (Å²) in [7, 11) is 1.55. The van der Waals surface area contributed by atoms with Crippen molar-refractivity contribution < 1.29 is 9.13 Å². The van der Waals surface area contributed by atoms with Gasteiger partial charge >= 0.3 is 0 Å². The third-order valence-electron chi connectivity index (χ3n) is 2.23. The van der Waals surface area contributed by atoms with Crippen molar-refractivity contribution in [1.29, 1.82) is 5.41 Å². The van der Waals surface area contributed by atoms with Crippen LogP contribution in [0, 0.1) is 5.41 Å². The van der Waals surface area contributed by atoms with Crippen LogP contribution in [0.4, 0.5) is 4.39 Å². The molecule has 0 aliphatic carbocycles. The van der Waals surface area contributed by atoms with Crippen molar-refractivity contribution >= 4 is 0 Å². The molecular weight excluding hydrogens is 209 g/mol. The molecule has 0 saturated carbocycles. The molecule has 0 bridgehead atoms. The van der Waals surface area contributed by atoms with Crippen molar-refractivity contribution in [1.82, 2.24) is 9.88 Å². The van der Waals surface area contributed by atoms with E-state index < -0.39 is 5.95 Å². The zero-order chi connectivity index (χ0) is 12.1. The average molecular weight is 225 g/mol. The molecule has 2 N–H and O–H groups in total. The Balaban J connectivity index is 3.07. The van der Waals surface area contributed by atoms with Crippen LogP contribution in [0.5, 0.6) is 5.75 Å². The lowest BCUT2D eigenvalue weighted by Crippen LogP contribution is -2.32. The SMILES string of the molecule is C=C(F)NC(CC)n1cc(OC)ccc1=N. The number of pyridine rings is 1. The van der Waals surface area contributed by atoms with Crippen molar-refractivity contribution in [2.45, 2.75) is 19.5 Å². The second kappa shape index (κ2) is 5.34. The maximum Gasteiger partial charge on any atom is 0.181 e. The third kappa shape index (κ3) is 2.85. The molecule has 1 atom stereocenters. The molecule has 0 amide bonds. The molecule has 1 heterocycles. The number of nitrogens with zero attached hydrogens (tertiary/aromatic N) is 1. The molecule has 0 aliphatic rings. The topological polar surface area (TPSA) is 50.0 Å². The molecule has 1 unspecified atom stereocenters. The molecule has 0 fully saturated rings. The van der Waals surface area contributed by atoms with Gasteiger partial charge in [0.1, 0.15) is 17.4 Å². The van der Waals surface area contributed by atoms with E-state index in [1.165, 1.54) is 0 Å². The average Bonchev–Trinajstić information content (AvgIpc) is 2.26. The third-order valence-corrected chi connectivity index (χ3v) is 2.23. The Morgan fingerprint density at radius 1 is 1.69 bits per heavy atom. The van der Waals surface area contributed by atoms with E-state index in [0.717, 1.165) is 0 Å². The summed E-state index contributed by atoms with van der Waals surface area (Å²) in [6.07, 6.45) is 1.96. The van der Waals surface area contributed by atoms with Crippen molar-refractivity contribution in [2.24, 2.45) is 0 Å². The van der Waals surface area contributed by atoms with E-state index in [1.54, 1.807) is 30.0 Å². The van der Waals surface area contributed by atoms with Gasteiger partial charge in [-0.3, -0.25) is 5.41 Å². The van der Waals surface area contributed by atoms with Crippen LogP contribution in [-0.2, 0) is 0 Å². The Morgan fingerprint density at radius 3 is 2.88 bits per heavy atom. The monoisotopic (exact) mass is 225 g/mol. The lowest BCUT2D eigenvalue weighted by Gasteiger charge is -2.20. The molecule has 5 heteroatoms. The van der Waals surface area contributed by atoms with E-state index in [1.807, 2.05) is 6.92 Å². The highest BCUT2D eigenvalue weighted by molar-refractivity contribution is 5.16. The fourth-order valence-electron chi connectivity index (χ4n) is 1.42. The number of rotatable bonds is 5. The standard InChI is InChI=1S/C11H16FN3O/c1-4-11(14-8(2)12)15-7-9(16-3)5-6-10(15)13/h5-7,11,13-14H,2,4H2,1,3H3. The summed E-state index contributed by atoms with van der Waals surface area (Å²) in [5.74, 6) is 0.0160.